The van der Waals surface area contributed by atoms with E-state index in [0.29, 0.717) is 0 Å². The molecule has 3 nitrogen and oxygen atoms in total. The number of likely N-dealkylation sites (tertiary alicyclic amines) is 1. The van der Waals surface area contributed by atoms with Crippen molar-refractivity contribution in [3.05, 3.63) is 0 Å². The van der Waals surface area contributed by atoms with E-state index < -0.39 is 0 Å². The van der Waals surface area contributed by atoms with E-state index in [0.717, 1.165) is 25.9 Å². The minimum atomic E-state index is 0.107. The lowest BCUT2D eigenvalue weighted by atomic mass is 10.0. The molecular formula is C9H18N2O. The van der Waals surface area contributed by atoms with E-state index in [-0.39, 0.29) is 17.9 Å². The highest BCUT2D eigenvalue weighted by Crippen LogP contribution is 2.11. The fraction of sp³-hybridized carbons (Fsp3) is 0.889. The van der Waals surface area contributed by atoms with Crippen molar-refractivity contribution in [3.63, 3.8) is 0 Å². The first kappa shape index (κ1) is 9.52. The monoisotopic (exact) mass is 170 g/mol. The number of amides is 1. The third-order valence-electron chi connectivity index (χ3n) is 2.26. The lowest BCUT2D eigenvalue weighted by Crippen LogP contribution is -2.47. The molecule has 1 unspecified atom stereocenters. The van der Waals surface area contributed by atoms with Crippen LogP contribution in [0.4, 0.5) is 0 Å². The second-order valence-electron chi connectivity index (χ2n) is 3.84. The van der Waals surface area contributed by atoms with Gasteiger partial charge in [0.1, 0.15) is 0 Å². The van der Waals surface area contributed by atoms with E-state index in [9.17, 15) is 4.79 Å². The molecule has 1 fully saturated rings. The number of carbonyl (C=O) groups excluding carboxylic acids is 1. The van der Waals surface area contributed by atoms with Crippen LogP contribution in [-0.2, 0) is 4.79 Å². The first-order chi connectivity index (χ1) is 5.61. The average Bonchev–Trinajstić information content (AvgIpc) is 2.03. The third kappa shape index (κ3) is 2.21. The largest absolute Gasteiger partial charge is 0.341 e. The van der Waals surface area contributed by atoms with Gasteiger partial charge < -0.3 is 10.6 Å². The number of rotatable bonds is 1. The van der Waals surface area contributed by atoms with Gasteiger partial charge in [0, 0.05) is 25.0 Å². The highest BCUT2D eigenvalue weighted by molar-refractivity contribution is 5.78. The Balaban J connectivity index is 2.46. The lowest BCUT2D eigenvalue weighted by Gasteiger charge is -2.31. The van der Waals surface area contributed by atoms with Gasteiger partial charge in [-0.15, -0.1) is 0 Å². The van der Waals surface area contributed by atoms with Crippen molar-refractivity contribution >= 4 is 5.91 Å². The van der Waals surface area contributed by atoms with Gasteiger partial charge in [0.15, 0.2) is 0 Å². The predicted molar refractivity (Wildman–Crippen MR) is 48.6 cm³/mol. The average molecular weight is 170 g/mol. The highest BCUT2D eigenvalue weighted by atomic mass is 16.2. The second kappa shape index (κ2) is 3.90. The molecule has 0 aliphatic carbocycles. The number of hydrogen-bond donors (Lipinski definition) is 1. The topological polar surface area (TPSA) is 46.3 Å². The number of carbonyl (C=O) groups is 1. The summed E-state index contributed by atoms with van der Waals surface area (Å²) in [6, 6.07) is 0.196. The summed E-state index contributed by atoms with van der Waals surface area (Å²) in [5.41, 5.74) is 5.77. The Morgan fingerprint density at radius 1 is 1.58 bits per heavy atom. The standard InChI is InChI=1S/C9H18N2O/c1-7(2)9(12)11-5-3-4-8(10)6-11/h7-8H,3-6,10H2,1-2H3. The molecule has 0 spiro atoms. The fourth-order valence-electron chi connectivity index (χ4n) is 1.58. The van der Waals surface area contributed by atoms with E-state index >= 15 is 0 Å². The van der Waals surface area contributed by atoms with E-state index in [4.69, 9.17) is 5.73 Å². The van der Waals surface area contributed by atoms with Crippen molar-refractivity contribution in [2.45, 2.75) is 32.7 Å². The number of nitrogens with zero attached hydrogens (tertiary/aromatic N) is 1. The van der Waals surface area contributed by atoms with E-state index in [1.54, 1.807) is 0 Å². The number of nitrogens with two attached hydrogens (primary N) is 1. The lowest BCUT2D eigenvalue weighted by molar-refractivity contribution is -0.135. The Morgan fingerprint density at radius 2 is 2.25 bits per heavy atom. The summed E-state index contributed by atoms with van der Waals surface area (Å²) in [6.45, 7) is 5.51. The van der Waals surface area contributed by atoms with Crippen LogP contribution in [0.3, 0.4) is 0 Å². The quantitative estimate of drug-likeness (QED) is 0.626. The van der Waals surface area contributed by atoms with Crippen LogP contribution in [0.5, 0.6) is 0 Å². The maximum Gasteiger partial charge on any atom is 0.225 e. The molecule has 0 radical (unpaired) electrons. The molecule has 1 amide bonds. The van der Waals surface area contributed by atoms with Crippen LogP contribution in [0.25, 0.3) is 0 Å². The zero-order chi connectivity index (χ0) is 9.14. The summed E-state index contributed by atoms with van der Waals surface area (Å²) in [6.07, 6.45) is 2.11. The minimum Gasteiger partial charge on any atom is -0.341 e. The predicted octanol–water partition coefficient (Wildman–Crippen LogP) is 0.592. The zero-order valence-corrected chi connectivity index (χ0v) is 7.92. The van der Waals surface area contributed by atoms with Gasteiger partial charge in [0.25, 0.3) is 0 Å². The molecule has 12 heavy (non-hydrogen) atoms. The molecule has 1 aliphatic rings. The molecule has 3 heteroatoms. The van der Waals surface area contributed by atoms with E-state index in [1.165, 1.54) is 0 Å². The third-order valence-corrected chi connectivity index (χ3v) is 2.26. The maximum atomic E-state index is 11.5. The van der Waals surface area contributed by atoms with Gasteiger partial charge in [-0.3, -0.25) is 4.79 Å². The van der Waals surface area contributed by atoms with Crippen molar-refractivity contribution < 1.29 is 4.79 Å². The van der Waals surface area contributed by atoms with Crippen molar-refractivity contribution in [3.8, 4) is 0 Å². The van der Waals surface area contributed by atoms with Crippen LogP contribution in [-0.4, -0.2) is 29.9 Å². The molecule has 0 aromatic rings. The van der Waals surface area contributed by atoms with Crippen LogP contribution in [0.2, 0.25) is 0 Å². The Morgan fingerprint density at radius 3 is 2.75 bits per heavy atom. The molecule has 0 saturated carbocycles. The molecule has 1 rings (SSSR count). The molecule has 0 bridgehead atoms. The zero-order valence-electron chi connectivity index (χ0n) is 7.92. The number of hydrogen-bond acceptors (Lipinski definition) is 2. The minimum absolute atomic E-state index is 0.107. The van der Waals surface area contributed by atoms with Gasteiger partial charge in [-0.1, -0.05) is 13.8 Å². The SMILES string of the molecule is CC(C)C(=O)N1CCCC(N)C1. The molecule has 70 valence electrons. The summed E-state index contributed by atoms with van der Waals surface area (Å²) >= 11 is 0. The van der Waals surface area contributed by atoms with Crippen molar-refractivity contribution in [1.29, 1.82) is 0 Å². The molecule has 2 N–H and O–H groups in total. The van der Waals surface area contributed by atoms with Crippen LogP contribution < -0.4 is 5.73 Å². The first-order valence-electron chi connectivity index (χ1n) is 4.65. The molecule has 1 saturated heterocycles. The van der Waals surface area contributed by atoms with Gasteiger partial charge in [-0.05, 0) is 12.8 Å². The van der Waals surface area contributed by atoms with Crippen molar-refractivity contribution in [2.24, 2.45) is 11.7 Å². The summed E-state index contributed by atoms with van der Waals surface area (Å²) in [5.74, 6) is 0.348. The molecule has 1 atom stereocenters. The smallest absolute Gasteiger partial charge is 0.225 e. The van der Waals surface area contributed by atoms with Gasteiger partial charge in [-0.2, -0.15) is 0 Å². The van der Waals surface area contributed by atoms with Gasteiger partial charge >= 0.3 is 0 Å². The molecular weight excluding hydrogens is 152 g/mol. The van der Waals surface area contributed by atoms with Gasteiger partial charge in [-0.25, -0.2) is 0 Å². The van der Waals surface area contributed by atoms with E-state index in [1.807, 2.05) is 18.7 Å². The second-order valence-corrected chi connectivity index (χ2v) is 3.84. The molecule has 1 heterocycles. The fourth-order valence-corrected chi connectivity index (χ4v) is 1.58. The highest BCUT2D eigenvalue weighted by Gasteiger charge is 2.22. The first-order valence-corrected chi connectivity index (χ1v) is 4.65. The van der Waals surface area contributed by atoms with Crippen LogP contribution >= 0.6 is 0 Å². The summed E-state index contributed by atoms with van der Waals surface area (Å²) in [7, 11) is 0. The van der Waals surface area contributed by atoms with Gasteiger partial charge in [0.2, 0.25) is 5.91 Å². The van der Waals surface area contributed by atoms with Crippen molar-refractivity contribution in [1.82, 2.24) is 4.90 Å². The Kier molecular flexibility index (Phi) is 3.09. The molecule has 0 aromatic carbocycles. The molecule has 1 aliphatic heterocycles. The van der Waals surface area contributed by atoms with Crippen LogP contribution in [0.1, 0.15) is 26.7 Å². The summed E-state index contributed by atoms with van der Waals surface area (Å²) in [5, 5.41) is 0. The van der Waals surface area contributed by atoms with Crippen LogP contribution in [0, 0.1) is 5.92 Å². The Labute approximate surface area is 73.9 Å². The van der Waals surface area contributed by atoms with Crippen molar-refractivity contribution in [2.75, 3.05) is 13.1 Å². The maximum absolute atomic E-state index is 11.5. The molecule has 0 aromatic heterocycles. The van der Waals surface area contributed by atoms with Gasteiger partial charge in [0.05, 0.1) is 0 Å². The van der Waals surface area contributed by atoms with Crippen LogP contribution in [0.15, 0.2) is 0 Å². The summed E-state index contributed by atoms with van der Waals surface area (Å²) in [4.78, 5) is 13.4. The normalized spacial score (nSPS) is 24.7. The summed E-state index contributed by atoms with van der Waals surface area (Å²) < 4.78 is 0. The van der Waals surface area contributed by atoms with E-state index in [2.05, 4.69) is 0 Å². The Hall–Kier alpha value is -0.570. The Bertz CT molecular complexity index is 168. The number of piperidine rings is 1.